The van der Waals surface area contributed by atoms with Gasteiger partial charge in [-0.2, -0.15) is 0 Å². The number of aliphatic hydroxyl groups is 1. The second-order valence-electron chi connectivity index (χ2n) is 5.55. The summed E-state index contributed by atoms with van der Waals surface area (Å²) in [5, 5.41) is 9.32. The summed E-state index contributed by atoms with van der Waals surface area (Å²) in [5.41, 5.74) is 0. The van der Waals surface area contributed by atoms with E-state index in [0.29, 0.717) is 11.8 Å². The van der Waals surface area contributed by atoms with E-state index in [4.69, 9.17) is 0 Å². The minimum atomic E-state index is -0.0810. The molecule has 0 saturated heterocycles. The predicted molar refractivity (Wildman–Crippen MR) is 73.7 cm³/mol. The molecule has 1 N–H and O–H groups in total. The second kappa shape index (κ2) is 4.78. The van der Waals surface area contributed by atoms with Crippen LogP contribution in [0.4, 0.5) is 5.82 Å². The first-order valence-electron chi connectivity index (χ1n) is 6.55. The number of hydrogen-bond donors (Lipinski definition) is 1. The molecule has 1 aromatic rings. The van der Waals surface area contributed by atoms with Crippen LogP contribution in [-0.4, -0.2) is 34.8 Å². The molecule has 1 aromatic heterocycles. The summed E-state index contributed by atoms with van der Waals surface area (Å²) in [5.74, 6) is 3.13. The number of aliphatic hydroxyl groups excluding tert-OH is 1. The zero-order chi connectivity index (χ0) is 12.7. The van der Waals surface area contributed by atoms with Crippen molar-refractivity contribution in [2.45, 2.75) is 37.7 Å². The SMILES string of the molecule is CN(CC1CC(O)C1)c1cc(Br)nc(C2CC2)n1. The molecule has 98 valence electrons. The Hall–Kier alpha value is -0.680. The zero-order valence-corrected chi connectivity index (χ0v) is 12.1. The van der Waals surface area contributed by atoms with Crippen LogP contribution in [-0.2, 0) is 0 Å². The number of hydrogen-bond acceptors (Lipinski definition) is 4. The molecule has 0 bridgehead atoms. The lowest BCUT2D eigenvalue weighted by Gasteiger charge is -2.34. The smallest absolute Gasteiger partial charge is 0.135 e. The predicted octanol–water partition coefficient (Wildman–Crippen LogP) is 2.32. The van der Waals surface area contributed by atoms with Gasteiger partial charge in [0.1, 0.15) is 16.2 Å². The van der Waals surface area contributed by atoms with Gasteiger partial charge in [0.25, 0.3) is 0 Å². The number of anilines is 1. The first-order chi connectivity index (χ1) is 8.61. The Bertz CT molecular complexity index is 444. The minimum Gasteiger partial charge on any atom is -0.393 e. The molecule has 3 rings (SSSR count). The van der Waals surface area contributed by atoms with Gasteiger partial charge < -0.3 is 10.0 Å². The molecule has 0 unspecified atom stereocenters. The van der Waals surface area contributed by atoms with Gasteiger partial charge in [0, 0.05) is 25.6 Å². The van der Waals surface area contributed by atoms with E-state index in [2.05, 4.69) is 37.8 Å². The summed E-state index contributed by atoms with van der Waals surface area (Å²) in [6, 6.07) is 1.97. The highest BCUT2D eigenvalue weighted by Gasteiger charge is 2.30. The van der Waals surface area contributed by atoms with Gasteiger partial charge in [-0.25, -0.2) is 9.97 Å². The van der Waals surface area contributed by atoms with Crippen molar-refractivity contribution in [2.24, 2.45) is 5.92 Å². The summed E-state index contributed by atoms with van der Waals surface area (Å²) in [6.07, 6.45) is 4.20. The second-order valence-corrected chi connectivity index (χ2v) is 6.37. The van der Waals surface area contributed by atoms with Gasteiger partial charge in [0.05, 0.1) is 6.10 Å². The van der Waals surface area contributed by atoms with Gasteiger partial charge in [-0.3, -0.25) is 0 Å². The van der Waals surface area contributed by atoms with Crippen LogP contribution < -0.4 is 4.90 Å². The summed E-state index contributed by atoms with van der Waals surface area (Å²) in [6.45, 7) is 0.963. The van der Waals surface area contributed by atoms with Crippen LogP contribution in [0.5, 0.6) is 0 Å². The molecule has 1 heterocycles. The van der Waals surface area contributed by atoms with Crippen molar-refractivity contribution >= 4 is 21.7 Å². The zero-order valence-electron chi connectivity index (χ0n) is 10.5. The molecule has 0 spiro atoms. The molecule has 0 amide bonds. The first kappa shape index (κ1) is 12.4. The fraction of sp³-hybridized carbons (Fsp3) is 0.692. The Morgan fingerprint density at radius 3 is 2.72 bits per heavy atom. The van der Waals surface area contributed by atoms with Crippen molar-refractivity contribution in [1.82, 2.24) is 9.97 Å². The minimum absolute atomic E-state index is 0.0810. The maximum atomic E-state index is 9.32. The fourth-order valence-corrected chi connectivity index (χ4v) is 2.86. The van der Waals surface area contributed by atoms with E-state index in [1.165, 1.54) is 12.8 Å². The molecule has 0 aliphatic heterocycles. The Morgan fingerprint density at radius 2 is 2.11 bits per heavy atom. The average molecular weight is 312 g/mol. The van der Waals surface area contributed by atoms with Gasteiger partial charge in [0.15, 0.2) is 0 Å². The van der Waals surface area contributed by atoms with Crippen LogP contribution in [0.25, 0.3) is 0 Å². The first-order valence-corrected chi connectivity index (χ1v) is 7.35. The normalized spacial score (nSPS) is 26.8. The Balaban J connectivity index is 1.70. The van der Waals surface area contributed by atoms with Crippen molar-refractivity contribution < 1.29 is 5.11 Å². The molecule has 2 fully saturated rings. The number of nitrogens with zero attached hydrogens (tertiary/aromatic N) is 3. The Kier molecular flexibility index (Phi) is 3.28. The molecule has 0 radical (unpaired) electrons. The van der Waals surface area contributed by atoms with Crippen LogP contribution in [0.2, 0.25) is 0 Å². The molecule has 2 aliphatic carbocycles. The van der Waals surface area contributed by atoms with Gasteiger partial charge in [-0.05, 0) is 47.5 Å². The van der Waals surface area contributed by atoms with E-state index < -0.39 is 0 Å². The van der Waals surface area contributed by atoms with E-state index >= 15 is 0 Å². The highest BCUT2D eigenvalue weighted by molar-refractivity contribution is 9.10. The van der Waals surface area contributed by atoms with Gasteiger partial charge in [-0.1, -0.05) is 0 Å². The third-order valence-corrected chi connectivity index (χ3v) is 4.18. The van der Waals surface area contributed by atoms with Gasteiger partial charge in [0.2, 0.25) is 0 Å². The molecule has 5 heteroatoms. The molecule has 18 heavy (non-hydrogen) atoms. The van der Waals surface area contributed by atoms with E-state index in [0.717, 1.165) is 35.6 Å². The lowest BCUT2D eigenvalue weighted by atomic mass is 9.82. The van der Waals surface area contributed by atoms with Crippen LogP contribution >= 0.6 is 15.9 Å². The summed E-state index contributed by atoms with van der Waals surface area (Å²) in [4.78, 5) is 11.3. The average Bonchev–Trinajstić information content (AvgIpc) is 3.09. The number of aromatic nitrogens is 2. The quantitative estimate of drug-likeness (QED) is 0.867. The van der Waals surface area contributed by atoms with E-state index in [1.807, 2.05) is 6.07 Å². The topological polar surface area (TPSA) is 49.2 Å². The number of halogens is 1. The molecular formula is C13H18BrN3O. The highest BCUT2D eigenvalue weighted by Crippen LogP contribution is 2.39. The molecular weight excluding hydrogens is 294 g/mol. The highest BCUT2D eigenvalue weighted by atomic mass is 79.9. The molecule has 2 saturated carbocycles. The van der Waals surface area contributed by atoms with E-state index in [-0.39, 0.29) is 6.10 Å². The third-order valence-electron chi connectivity index (χ3n) is 3.78. The molecule has 0 aromatic carbocycles. The molecule has 4 nitrogen and oxygen atoms in total. The van der Waals surface area contributed by atoms with Crippen LogP contribution in [0.15, 0.2) is 10.7 Å². The number of rotatable bonds is 4. The van der Waals surface area contributed by atoms with Crippen molar-refractivity contribution in [3.63, 3.8) is 0 Å². The Morgan fingerprint density at radius 1 is 1.39 bits per heavy atom. The van der Waals surface area contributed by atoms with Crippen molar-refractivity contribution in [3.05, 3.63) is 16.5 Å². The van der Waals surface area contributed by atoms with E-state index in [9.17, 15) is 5.11 Å². The van der Waals surface area contributed by atoms with Crippen LogP contribution in [0.1, 0.15) is 37.4 Å². The van der Waals surface area contributed by atoms with Gasteiger partial charge >= 0.3 is 0 Å². The fourth-order valence-electron chi connectivity index (χ4n) is 2.47. The van der Waals surface area contributed by atoms with Gasteiger partial charge in [-0.15, -0.1) is 0 Å². The van der Waals surface area contributed by atoms with Crippen molar-refractivity contribution in [3.8, 4) is 0 Å². The Labute approximate surface area is 116 Å². The maximum absolute atomic E-state index is 9.32. The lowest BCUT2D eigenvalue weighted by Crippen LogP contribution is -2.37. The van der Waals surface area contributed by atoms with E-state index in [1.54, 1.807) is 0 Å². The third kappa shape index (κ3) is 2.67. The van der Waals surface area contributed by atoms with Crippen molar-refractivity contribution in [2.75, 3.05) is 18.5 Å². The maximum Gasteiger partial charge on any atom is 0.135 e. The summed E-state index contributed by atoms with van der Waals surface area (Å²) in [7, 11) is 2.07. The molecule has 2 aliphatic rings. The van der Waals surface area contributed by atoms with Crippen LogP contribution in [0.3, 0.4) is 0 Å². The monoisotopic (exact) mass is 311 g/mol. The summed E-state index contributed by atoms with van der Waals surface area (Å²) < 4.78 is 0.870. The summed E-state index contributed by atoms with van der Waals surface area (Å²) >= 11 is 3.47. The lowest BCUT2D eigenvalue weighted by molar-refractivity contribution is 0.0464. The van der Waals surface area contributed by atoms with Crippen molar-refractivity contribution in [1.29, 1.82) is 0 Å². The largest absolute Gasteiger partial charge is 0.393 e. The van der Waals surface area contributed by atoms with Crippen LogP contribution in [0, 0.1) is 5.92 Å². The molecule has 0 atom stereocenters. The standard InChI is InChI=1S/C13H18BrN3O/c1-17(7-8-4-10(18)5-8)12-6-11(14)15-13(16-12)9-2-3-9/h6,8-10,18H,2-5,7H2,1H3.